The molecule has 0 aromatic heterocycles. The lowest BCUT2D eigenvalue weighted by Crippen LogP contribution is -2.43. The third-order valence-electron chi connectivity index (χ3n) is 3.90. The number of halogens is 3. The lowest BCUT2D eigenvalue weighted by molar-refractivity contribution is -0.138. The van der Waals surface area contributed by atoms with Crippen LogP contribution in [0.4, 0.5) is 13.2 Å². The Labute approximate surface area is 159 Å². The molecule has 2 aromatic rings. The molecule has 0 saturated carbocycles. The molecule has 0 bridgehead atoms. The van der Waals surface area contributed by atoms with Crippen LogP contribution in [0.3, 0.4) is 0 Å². The Bertz CT molecular complexity index is 850. The third-order valence-corrected chi connectivity index (χ3v) is 3.90. The predicted octanol–water partition coefficient (Wildman–Crippen LogP) is 3.18. The SMILES string of the molecule is CC(=O)[C@@H](Cc1ccccc1)NC(=O)COC(=O)c1ccccc1C(F)(F)F. The number of alkyl halides is 3. The zero-order chi connectivity index (χ0) is 20.7. The summed E-state index contributed by atoms with van der Waals surface area (Å²) in [5.41, 5.74) is -1.01. The molecule has 0 fully saturated rings. The number of ether oxygens (including phenoxy) is 1. The first kappa shape index (κ1) is 21.1. The number of ketones is 1. The third kappa shape index (κ3) is 5.94. The molecule has 0 saturated heterocycles. The van der Waals surface area contributed by atoms with Crippen LogP contribution in [0.25, 0.3) is 0 Å². The van der Waals surface area contributed by atoms with Gasteiger partial charge in [-0.05, 0) is 31.0 Å². The minimum atomic E-state index is -4.73. The summed E-state index contributed by atoms with van der Waals surface area (Å²) in [6.07, 6.45) is -4.49. The molecule has 0 radical (unpaired) electrons. The molecule has 0 aliphatic carbocycles. The van der Waals surface area contributed by atoms with Gasteiger partial charge in [0.25, 0.3) is 5.91 Å². The summed E-state index contributed by atoms with van der Waals surface area (Å²) in [7, 11) is 0. The van der Waals surface area contributed by atoms with Gasteiger partial charge in [0.05, 0.1) is 17.2 Å². The molecule has 1 N–H and O–H groups in total. The van der Waals surface area contributed by atoms with Gasteiger partial charge in [-0.15, -0.1) is 0 Å². The van der Waals surface area contributed by atoms with Crippen LogP contribution in [0.5, 0.6) is 0 Å². The molecule has 0 aliphatic heterocycles. The quantitative estimate of drug-likeness (QED) is 0.734. The zero-order valence-corrected chi connectivity index (χ0v) is 15.0. The van der Waals surface area contributed by atoms with E-state index in [9.17, 15) is 27.6 Å². The number of nitrogens with one attached hydrogen (secondary N) is 1. The van der Waals surface area contributed by atoms with Crippen LogP contribution in [0.15, 0.2) is 54.6 Å². The summed E-state index contributed by atoms with van der Waals surface area (Å²) in [5.74, 6) is -2.36. The maximum absolute atomic E-state index is 13.0. The van der Waals surface area contributed by atoms with Gasteiger partial charge in [-0.2, -0.15) is 13.2 Å². The molecule has 8 heteroatoms. The first-order chi connectivity index (χ1) is 13.2. The normalized spacial score (nSPS) is 12.1. The van der Waals surface area contributed by atoms with Crippen LogP contribution in [0.1, 0.15) is 28.4 Å². The van der Waals surface area contributed by atoms with Crippen LogP contribution in [-0.4, -0.2) is 30.3 Å². The molecular formula is C20H18F3NO4. The monoisotopic (exact) mass is 393 g/mol. The van der Waals surface area contributed by atoms with E-state index < -0.39 is 41.8 Å². The number of carbonyl (C=O) groups excluding carboxylic acids is 3. The summed E-state index contributed by atoms with van der Waals surface area (Å²) in [5, 5.41) is 2.43. The fourth-order valence-electron chi connectivity index (χ4n) is 2.50. The van der Waals surface area contributed by atoms with E-state index in [0.29, 0.717) is 0 Å². The van der Waals surface area contributed by atoms with Gasteiger partial charge >= 0.3 is 12.1 Å². The fourth-order valence-corrected chi connectivity index (χ4v) is 2.50. The smallest absolute Gasteiger partial charge is 0.417 e. The minimum absolute atomic E-state index is 0.243. The van der Waals surface area contributed by atoms with Crippen molar-refractivity contribution in [2.75, 3.05) is 6.61 Å². The highest BCUT2D eigenvalue weighted by molar-refractivity contribution is 5.93. The zero-order valence-electron chi connectivity index (χ0n) is 15.0. The van der Waals surface area contributed by atoms with Gasteiger partial charge in [0.15, 0.2) is 12.4 Å². The van der Waals surface area contributed by atoms with E-state index in [4.69, 9.17) is 4.74 Å². The molecule has 148 valence electrons. The number of Topliss-reactive ketones (excluding diaryl/α,β-unsaturated/α-hetero) is 1. The molecule has 1 amide bonds. The van der Waals surface area contributed by atoms with Crippen LogP contribution in [-0.2, 0) is 26.9 Å². The van der Waals surface area contributed by atoms with E-state index in [1.807, 2.05) is 6.07 Å². The number of hydrogen-bond acceptors (Lipinski definition) is 4. The lowest BCUT2D eigenvalue weighted by Gasteiger charge is -2.16. The molecule has 0 heterocycles. The highest BCUT2D eigenvalue weighted by atomic mass is 19.4. The summed E-state index contributed by atoms with van der Waals surface area (Å²) in [6.45, 7) is 0.503. The average Bonchev–Trinajstić information content (AvgIpc) is 2.65. The van der Waals surface area contributed by atoms with Gasteiger partial charge < -0.3 is 10.1 Å². The van der Waals surface area contributed by atoms with Crippen molar-refractivity contribution in [3.8, 4) is 0 Å². The molecular weight excluding hydrogens is 375 g/mol. The van der Waals surface area contributed by atoms with E-state index >= 15 is 0 Å². The van der Waals surface area contributed by atoms with Gasteiger partial charge in [-0.3, -0.25) is 9.59 Å². The van der Waals surface area contributed by atoms with Crippen LogP contribution >= 0.6 is 0 Å². The average molecular weight is 393 g/mol. The number of hydrogen-bond donors (Lipinski definition) is 1. The highest BCUT2D eigenvalue weighted by Crippen LogP contribution is 2.32. The Morgan fingerprint density at radius 2 is 1.61 bits per heavy atom. The van der Waals surface area contributed by atoms with E-state index in [1.54, 1.807) is 24.3 Å². The Kier molecular flexibility index (Phi) is 6.92. The van der Waals surface area contributed by atoms with Crippen LogP contribution in [0.2, 0.25) is 0 Å². The number of carbonyl (C=O) groups is 3. The standard InChI is InChI=1S/C20H18F3NO4/c1-13(25)17(11-14-7-3-2-4-8-14)24-18(26)12-28-19(27)15-9-5-6-10-16(15)20(21,22)23/h2-10,17H,11-12H2,1H3,(H,24,26)/t17-/m1/s1. The van der Waals surface area contributed by atoms with Crippen molar-refractivity contribution < 1.29 is 32.3 Å². The van der Waals surface area contributed by atoms with E-state index in [1.165, 1.54) is 13.0 Å². The summed E-state index contributed by atoms with van der Waals surface area (Å²) in [4.78, 5) is 35.7. The van der Waals surface area contributed by atoms with E-state index in [2.05, 4.69) is 5.32 Å². The Hall–Kier alpha value is -3.16. The van der Waals surface area contributed by atoms with E-state index in [-0.39, 0.29) is 12.2 Å². The van der Waals surface area contributed by atoms with Crippen molar-refractivity contribution in [1.29, 1.82) is 0 Å². The second-order valence-corrected chi connectivity index (χ2v) is 6.04. The van der Waals surface area contributed by atoms with Crippen molar-refractivity contribution in [3.63, 3.8) is 0 Å². The first-order valence-electron chi connectivity index (χ1n) is 8.35. The van der Waals surface area contributed by atoms with Crippen LogP contribution in [0, 0.1) is 0 Å². The number of esters is 1. The molecule has 0 spiro atoms. The number of benzene rings is 2. The topological polar surface area (TPSA) is 72.5 Å². The Morgan fingerprint density at radius 3 is 2.21 bits per heavy atom. The molecule has 0 unspecified atom stereocenters. The molecule has 0 aliphatic rings. The van der Waals surface area contributed by atoms with Gasteiger partial charge in [-0.1, -0.05) is 42.5 Å². The van der Waals surface area contributed by atoms with Crippen molar-refractivity contribution in [2.45, 2.75) is 25.6 Å². The first-order valence-corrected chi connectivity index (χ1v) is 8.35. The molecule has 2 aromatic carbocycles. The highest BCUT2D eigenvalue weighted by Gasteiger charge is 2.35. The van der Waals surface area contributed by atoms with Crippen molar-refractivity contribution in [1.82, 2.24) is 5.32 Å². The molecule has 5 nitrogen and oxygen atoms in total. The van der Waals surface area contributed by atoms with Crippen molar-refractivity contribution in [3.05, 3.63) is 71.3 Å². The Balaban J connectivity index is 1.98. The van der Waals surface area contributed by atoms with Gasteiger partial charge in [0.2, 0.25) is 0 Å². The molecule has 2 rings (SSSR count). The van der Waals surface area contributed by atoms with Crippen LogP contribution < -0.4 is 5.32 Å². The summed E-state index contributed by atoms with van der Waals surface area (Å²) in [6, 6.07) is 12.2. The predicted molar refractivity (Wildman–Crippen MR) is 94.5 cm³/mol. The fraction of sp³-hybridized carbons (Fsp3) is 0.250. The second kappa shape index (κ2) is 9.16. The molecule has 28 heavy (non-hydrogen) atoms. The molecule has 1 atom stereocenters. The number of amides is 1. The summed E-state index contributed by atoms with van der Waals surface area (Å²) < 4.78 is 43.5. The maximum Gasteiger partial charge on any atom is 0.417 e. The Morgan fingerprint density at radius 1 is 1.00 bits per heavy atom. The number of rotatable bonds is 7. The lowest BCUT2D eigenvalue weighted by atomic mass is 10.0. The van der Waals surface area contributed by atoms with Gasteiger partial charge in [0.1, 0.15) is 0 Å². The van der Waals surface area contributed by atoms with Gasteiger partial charge in [-0.25, -0.2) is 4.79 Å². The second-order valence-electron chi connectivity index (χ2n) is 6.04. The summed E-state index contributed by atoms with van der Waals surface area (Å²) >= 11 is 0. The van der Waals surface area contributed by atoms with Gasteiger partial charge in [0, 0.05) is 0 Å². The van der Waals surface area contributed by atoms with Crippen molar-refractivity contribution >= 4 is 17.7 Å². The van der Waals surface area contributed by atoms with Crippen molar-refractivity contribution in [2.24, 2.45) is 0 Å². The largest absolute Gasteiger partial charge is 0.452 e. The van der Waals surface area contributed by atoms with E-state index in [0.717, 1.165) is 23.8 Å². The maximum atomic E-state index is 13.0. The minimum Gasteiger partial charge on any atom is -0.452 e.